The van der Waals surface area contributed by atoms with E-state index in [0.717, 1.165) is 37.8 Å². The first-order chi connectivity index (χ1) is 12.4. The summed E-state index contributed by atoms with van der Waals surface area (Å²) in [5.74, 6) is 0.439. The predicted octanol–water partition coefficient (Wildman–Crippen LogP) is 2.82. The van der Waals surface area contributed by atoms with Gasteiger partial charge in [-0.1, -0.05) is 25.0 Å². The molecule has 0 spiro atoms. The Hall–Kier alpha value is -2.25. The van der Waals surface area contributed by atoms with Gasteiger partial charge in [0.1, 0.15) is 0 Å². The van der Waals surface area contributed by atoms with Crippen LogP contribution in [0.3, 0.4) is 0 Å². The molecule has 0 saturated heterocycles. The summed E-state index contributed by atoms with van der Waals surface area (Å²) in [6, 6.07) is 5.43. The maximum absolute atomic E-state index is 12.7. The minimum absolute atomic E-state index is 0.00210. The molecule has 0 aliphatic heterocycles. The SMILES string of the molecule is CN=C(NCCC(=O)NC1CCCC1)NCc1cccc(C(F)(F)F)c1. The van der Waals surface area contributed by atoms with Gasteiger partial charge in [-0.05, 0) is 30.5 Å². The Kier molecular flexibility index (Phi) is 7.29. The fraction of sp³-hybridized carbons (Fsp3) is 0.556. The van der Waals surface area contributed by atoms with Crippen LogP contribution in [0, 0.1) is 0 Å². The van der Waals surface area contributed by atoms with Crippen LogP contribution in [0.2, 0.25) is 0 Å². The van der Waals surface area contributed by atoms with E-state index in [1.165, 1.54) is 6.07 Å². The van der Waals surface area contributed by atoms with E-state index in [2.05, 4.69) is 20.9 Å². The lowest BCUT2D eigenvalue weighted by Crippen LogP contribution is -2.40. The molecular formula is C18H25F3N4O. The number of benzene rings is 1. The number of carbonyl (C=O) groups is 1. The number of aliphatic imine (C=N–C) groups is 1. The van der Waals surface area contributed by atoms with Gasteiger partial charge in [0.05, 0.1) is 5.56 Å². The van der Waals surface area contributed by atoms with Gasteiger partial charge in [0, 0.05) is 32.6 Å². The molecule has 144 valence electrons. The zero-order chi connectivity index (χ0) is 19.0. The van der Waals surface area contributed by atoms with Gasteiger partial charge in [0.25, 0.3) is 0 Å². The van der Waals surface area contributed by atoms with Crippen LogP contribution in [-0.2, 0) is 17.5 Å². The van der Waals surface area contributed by atoms with E-state index in [1.807, 2.05) is 0 Å². The van der Waals surface area contributed by atoms with Gasteiger partial charge in [-0.2, -0.15) is 13.2 Å². The largest absolute Gasteiger partial charge is 0.416 e. The number of amides is 1. The van der Waals surface area contributed by atoms with Gasteiger partial charge in [0.15, 0.2) is 5.96 Å². The number of rotatable bonds is 6. The van der Waals surface area contributed by atoms with E-state index in [4.69, 9.17) is 0 Å². The molecule has 1 aromatic carbocycles. The number of hydrogen-bond acceptors (Lipinski definition) is 2. The maximum Gasteiger partial charge on any atom is 0.416 e. The number of halogens is 3. The van der Waals surface area contributed by atoms with Gasteiger partial charge in [0.2, 0.25) is 5.91 Å². The number of nitrogens with zero attached hydrogens (tertiary/aromatic N) is 1. The third-order valence-electron chi connectivity index (χ3n) is 4.30. The molecule has 8 heteroatoms. The molecule has 26 heavy (non-hydrogen) atoms. The molecule has 1 amide bonds. The molecule has 0 heterocycles. The number of hydrogen-bond donors (Lipinski definition) is 3. The number of carbonyl (C=O) groups excluding carboxylic acids is 1. The minimum Gasteiger partial charge on any atom is -0.356 e. The summed E-state index contributed by atoms with van der Waals surface area (Å²) in [4.78, 5) is 15.9. The van der Waals surface area contributed by atoms with Crippen molar-refractivity contribution in [3.63, 3.8) is 0 Å². The molecule has 1 saturated carbocycles. The van der Waals surface area contributed by atoms with E-state index >= 15 is 0 Å². The Labute approximate surface area is 151 Å². The van der Waals surface area contributed by atoms with Gasteiger partial charge in [-0.15, -0.1) is 0 Å². The van der Waals surface area contributed by atoms with Crippen molar-refractivity contribution in [3.8, 4) is 0 Å². The van der Waals surface area contributed by atoms with Crippen LogP contribution in [0.1, 0.15) is 43.2 Å². The quantitative estimate of drug-likeness (QED) is 0.533. The smallest absolute Gasteiger partial charge is 0.356 e. The third kappa shape index (κ3) is 6.57. The summed E-state index contributed by atoms with van der Waals surface area (Å²) in [5.41, 5.74) is -0.176. The first-order valence-electron chi connectivity index (χ1n) is 8.78. The van der Waals surface area contributed by atoms with Crippen molar-refractivity contribution in [2.24, 2.45) is 4.99 Å². The van der Waals surface area contributed by atoms with E-state index in [-0.39, 0.29) is 12.5 Å². The normalized spacial score (nSPS) is 15.8. The number of nitrogens with one attached hydrogen (secondary N) is 3. The molecule has 0 aromatic heterocycles. The van der Waals surface area contributed by atoms with Crippen molar-refractivity contribution >= 4 is 11.9 Å². The molecule has 0 unspecified atom stereocenters. The molecule has 1 fully saturated rings. The Bertz CT molecular complexity index is 625. The van der Waals surface area contributed by atoms with E-state index in [0.29, 0.717) is 30.5 Å². The summed E-state index contributed by atoms with van der Waals surface area (Å²) >= 11 is 0. The Morgan fingerprint density at radius 1 is 1.23 bits per heavy atom. The van der Waals surface area contributed by atoms with E-state index in [1.54, 1.807) is 13.1 Å². The van der Waals surface area contributed by atoms with E-state index < -0.39 is 11.7 Å². The third-order valence-corrected chi connectivity index (χ3v) is 4.30. The summed E-state index contributed by atoms with van der Waals surface area (Å²) in [7, 11) is 1.57. The zero-order valence-corrected chi connectivity index (χ0v) is 14.8. The van der Waals surface area contributed by atoms with Crippen LogP contribution in [0.15, 0.2) is 29.3 Å². The summed E-state index contributed by atoms with van der Waals surface area (Å²) in [6.45, 7) is 0.610. The standard InChI is InChI=1S/C18H25F3N4O/c1-22-17(23-10-9-16(26)25-15-7-2-3-8-15)24-12-13-5-4-6-14(11-13)18(19,20)21/h4-6,11,15H,2-3,7-10,12H2,1H3,(H,25,26)(H2,22,23,24). The van der Waals surface area contributed by atoms with Crippen LogP contribution in [0.25, 0.3) is 0 Å². The maximum atomic E-state index is 12.7. The fourth-order valence-electron chi connectivity index (χ4n) is 2.93. The second-order valence-electron chi connectivity index (χ2n) is 6.35. The highest BCUT2D eigenvalue weighted by atomic mass is 19.4. The second-order valence-corrected chi connectivity index (χ2v) is 6.35. The van der Waals surface area contributed by atoms with Crippen molar-refractivity contribution in [1.29, 1.82) is 0 Å². The van der Waals surface area contributed by atoms with Crippen molar-refractivity contribution < 1.29 is 18.0 Å². The molecule has 1 aromatic rings. The Morgan fingerprint density at radius 3 is 2.62 bits per heavy atom. The minimum atomic E-state index is -4.36. The molecule has 1 aliphatic rings. The number of alkyl halides is 3. The van der Waals surface area contributed by atoms with Crippen LogP contribution >= 0.6 is 0 Å². The molecule has 0 radical (unpaired) electrons. The van der Waals surface area contributed by atoms with Gasteiger partial charge in [-0.3, -0.25) is 9.79 Å². The summed E-state index contributed by atoms with van der Waals surface area (Å²) in [6.07, 6.45) is 0.368. The molecule has 0 atom stereocenters. The van der Waals surface area contributed by atoms with Crippen LogP contribution in [0.4, 0.5) is 13.2 Å². The zero-order valence-electron chi connectivity index (χ0n) is 14.8. The molecular weight excluding hydrogens is 345 g/mol. The molecule has 1 aliphatic carbocycles. The lowest BCUT2D eigenvalue weighted by atomic mass is 10.1. The molecule has 3 N–H and O–H groups in total. The van der Waals surface area contributed by atoms with Gasteiger partial charge in [-0.25, -0.2) is 0 Å². The van der Waals surface area contributed by atoms with Crippen LogP contribution < -0.4 is 16.0 Å². The Morgan fingerprint density at radius 2 is 1.96 bits per heavy atom. The number of guanidine groups is 1. The van der Waals surface area contributed by atoms with Crippen molar-refractivity contribution in [2.45, 2.75) is 50.9 Å². The topological polar surface area (TPSA) is 65.5 Å². The average molecular weight is 370 g/mol. The highest BCUT2D eigenvalue weighted by molar-refractivity contribution is 5.81. The monoisotopic (exact) mass is 370 g/mol. The lowest BCUT2D eigenvalue weighted by molar-refractivity contribution is -0.137. The highest BCUT2D eigenvalue weighted by Gasteiger charge is 2.30. The molecule has 0 bridgehead atoms. The van der Waals surface area contributed by atoms with Crippen LogP contribution in [-0.4, -0.2) is 31.5 Å². The average Bonchev–Trinajstić information content (AvgIpc) is 3.10. The first kappa shape index (κ1) is 20.1. The summed E-state index contributed by atoms with van der Waals surface area (Å²) in [5, 5.41) is 8.95. The second kappa shape index (κ2) is 9.45. The fourth-order valence-corrected chi connectivity index (χ4v) is 2.93. The highest BCUT2D eigenvalue weighted by Crippen LogP contribution is 2.29. The van der Waals surface area contributed by atoms with Crippen molar-refractivity contribution in [1.82, 2.24) is 16.0 Å². The van der Waals surface area contributed by atoms with Gasteiger partial charge >= 0.3 is 6.18 Å². The van der Waals surface area contributed by atoms with Crippen molar-refractivity contribution in [2.75, 3.05) is 13.6 Å². The summed E-state index contributed by atoms with van der Waals surface area (Å²) < 4.78 is 38.2. The Balaban J connectivity index is 1.73. The molecule has 5 nitrogen and oxygen atoms in total. The van der Waals surface area contributed by atoms with E-state index in [9.17, 15) is 18.0 Å². The molecule has 2 rings (SSSR count). The van der Waals surface area contributed by atoms with Crippen molar-refractivity contribution in [3.05, 3.63) is 35.4 Å². The lowest BCUT2D eigenvalue weighted by Gasteiger charge is -2.14. The van der Waals surface area contributed by atoms with Crippen LogP contribution in [0.5, 0.6) is 0 Å². The van der Waals surface area contributed by atoms with Gasteiger partial charge < -0.3 is 16.0 Å². The predicted molar refractivity (Wildman–Crippen MR) is 94.7 cm³/mol. The first-order valence-corrected chi connectivity index (χ1v) is 8.78.